The maximum Gasteiger partial charge on any atom is 0.349 e. The van der Waals surface area contributed by atoms with E-state index in [9.17, 15) is 14.4 Å². The van der Waals surface area contributed by atoms with Crippen LogP contribution in [0.15, 0.2) is 83.5 Å². The molecule has 0 atom stereocenters. The number of nitrogens with one attached hydrogen (secondary N) is 2. The summed E-state index contributed by atoms with van der Waals surface area (Å²) in [5, 5.41) is 5.95. The summed E-state index contributed by atoms with van der Waals surface area (Å²) in [7, 11) is 0. The van der Waals surface area contributed by atoms with Gasteiger partial charge in [0.15, 0.2) is 12.4 Å². The summed E-state index contributed by atoms with van der Waals surface area (Å²) in [6.07, 6.45) is 1.40. The zero-order valence-corrected chi connectivity index (χ0v) is 18.5. The number of amides is 2. The van der Waals surface area contributed by atoms with Gasteiger partial charge in [0.05, 0.1) is 11.3 Å². The molecule has 2 aromatic carbocycles. The third-order valence-corrected chi connectivity index (χ3v) is 5.84. The van der Waals surface area contributed by atoms with Crippen molar-refractivity contribution in [2.24, 2.45) is 0 Å². The standard InChI is InChI=1S/C25H20N2O5S/c1-16-14-22(27-24(29)20-12-7-13-31-20)33-23(16)25(30)32-15-21(28)26-19-11-6-5-10-18(19)17-8-3-2-4-9-17/h2-14H,15H2,1H3,(H,26,28)(H,27,29). The van der Waals surface area contributed by atoms with E-state index in [2.05, 4.69) is 10.6 Å². The van der Waals surface area contributed by atoms with E-state index in [-0.39, 0.29) is 5.76 Å². The van der Waals surface area contributed by atoms with Crippen molar-refractivity contribution in [1.82, 2.24) is 0 Å². The largest absolute Gasteiger partial charge is 0.459 e. The average molecular weight is 461 g/mol. The smallest absolute Gasteiger partial charge is 0.349 e. The summed E-state index contributed by atoms with van der Waals surface area (Å²) in [5.41, 5.74) is 3.09. The van der Waals surface area contributed by atoms with Gasteiger partial charge in [-0.25, -0.2) is 4.79 Å². The van der Waals surface area contributed by atoms with Gasteiger partial charge in [0.2, 0.25) is 0 Å². The number of aryl methyl sites for hydroxylation is 1. The summed E-state index contributed by atoms with van der Waals surface area (Å²) in [6.45, 7) is 1.29. The fraction of sp³-hybridized carbons (Fsp3) is 0.0800. The van der Waals surface area contributed by atoms with Crippen LogP contribution in [0.25, 0.3) is 11.1 Å². The molecule has 2 heterocycles. The van der Waals surface area contributed by atoms with E-state index in [1.54, 1.807) is 31.2 Å². The normalized spacial score (nSPS) is 10.5. The third-order valence-electron chi connectivity index (χ3n) is 4.71. The van der Waals surface area contributed by atoms with Crippen molar-refractivity contribution in [2.75, 3.05) is 17.2 Å². The molecule has 33 heavy (non-hydrogen) atoms. The molecule has 166 valence electrons. The Balaban J connectivity index is 1.36. The lowest BCUT2D eigenvalue weighted by molar-refractivity contribution is -0.119. The predicted octanol–water partition coefficient (Wildman–Crippen LogP) is 5.36. The van der Waals surface area contributed by atoms with E-state index >= 15 is 0 Å². The summed E-state index contributed by atoms with van der Waals surface area (Å²) in [4.78, 5) is 37.4. The lowest BCUT2D eigenvalue weighted by atomic mass is 10.0. The number of thiophene rings is 1. The van der Waals surface area contributed by atoms with Gasteiger partial charge >= 0.3 is 5.97 Å². The first-order valence-corrected chi connectivity index (χ1v) is 10.9. The van der Waals surface area contributed by atoms with Crippen LogP contribution < -0.4 is 10.6 Å². The molecule has 0 saturated carbocycles. The van der Waals surface area contributed by atoms with Crippen LogP contribution in [-0.2, 0) is 9.53 Å². The van der Waals surface area contributed by atoms with Crippen molar-refractivity contribution in [2.45, 2.75) is 6.92 Å². The van der Waals surface area contributed by atoms with E-state index in [1.165, 1.54) is 6.26 Å². The number of benzene rings is 2. The Kier molecular flexibility index (Phi) is 6.66. The minimum Gasteiger partial charge on any atom is -0.459 e. The number of hydrogen-bond donors (Lipinski definition) is 2. The molecule has 0 bridgehead atoms. The zero-order valence-electron chi connectivity index (χ0n) is 17.7. The quantitative estimate of drug-likeness (QED) is 0.362. The lowest BCUT2D eigenvalue weighted by Gasteiger charge is -2.11. The Labute approximate surface area is 194 Å². The fourth-order valence-electron chi connectivity index (χ4n) is 3.17. The second-order valence-corrected chi connectivity index (χ2v) is 8.14. The van der Waals surface area contributed by atoms with Crippen LogP contribution in [0.2, 0.25) is 0 Å². The summed E-state index contributed by atoms with van der Waals surface area (Å²) < 4.78 is 10.3. The minimum atomic E-state index is -0.637. The van der Waals surface area contributed by atoms with Gasteiger partial charge in [-0.05, 0) is 42.3 Å². The Morgan fingerprint density at radius 2 is 1.70 bits per heavy atom. The Morgan fingerprint density at radius 1 is 0.939 bits per heavy atom. The van der Waals surface area contributed by atoms with Gasteiger partial charge < -0.3 is 19.8 Å². The van der Waals surface area contributed by atoms with Crippen molar-refractivity contribution >= 4 is 39.8 Å². The summed E-state index contributed by atoms with van der Waals surface area (Å²) >= 11 is 1.07. The molecule has 0 aliphatic heterocycles. The summed E-state index contributed by atoms with van der Waals surface area (Å²) in [6, 6.07) is 21.9. The average Bonchev–Trinajstić information content (AvgIpc) is 3.48. The van der Waals surface area contributed by atoms with Gasteiger partial charge in [0, 0.05) is 11.3 Å². The highest BCUT2D eigenvalue weighted by molar-refractivity contribution is 7.18. The molecule has 0 radical (unpaired) electrons. The van der Waals surface area contributed by atoms with E-state index in [0.29, 0.717) is 21.1 Å². The highest BCUT2D eigenvalue weighted by atomic mass is 32.1. The highest BCUT2D eigenvalue weighted by Crippen LogP contribution is 2.29. The second-order valence-electron chi connectivity index (χ2n) is 7.09. The molecule has 2 amide bonds. The van der Waals surface area contributed by atoms with Gasteiger partial charge in [0.25, 0.3) is 11.8 Å². The van der Waals surface area contributed by atoms with Gasteiger partial charge in [0.1, 0.15) is 4.88 Å². The van der Waals surface area contributed by atoms with Crippen LogP contribution >= 0.6 is 11.3 Å². The van der Waals surface area contributed by atoms with Crippen molar-refractivity contribution < 1.29 is 23.5 Å². The molecule has 4 aromatic rings. The number of carbonyl (C=O) groups excluding carboxylic acids is 3. The molecule has 8 heteroatoms. The van der Waals surface area contributed by atoms with Crippen LogP contribution in [0.3, 0.4) is 0 Å². The minimum absolute atomic E-state index is 0.164. The lowest BCUT2D eigenvalue weighted by Crippen LogP contribution is -2.21. The zero-order chi connectivity index (χ0) is 23.2. The third kappa shape index (κ3) is 5.36. The number of hydrogen-bond acceptors (Lipinski definition) is 6. The first-order chi connectivity index (χ1) is 16.0. The Bertz CT molecular complexity index is 1280. The highest BCUT2D eigenvalue weighted by Gasteiger charge is 2.19. The molecule has 0 unspecified atom stereocenters. The number of carbonyl (C=O) groups is 3. The fourth-order valence-corrected chi connectivity index (χ4v) is 4.13. The number of ether oxygens (including phenoxy) is 1. The molecule has 0 saturated heterocycles. The topological polar surface area (TPSA) is 97.6 Å². The molecule has 4 rings (SSSR count). The summed E-state index contributed by atoms with van der Waals surface area (Å²) in [5.74, 6) is -1.34. The van der Waals surface area contributed by atoms with Crippen molar-refractivity contribution in [3.05, 3.63) is 95.3 Å². The van der Waals surface area contributed by atoms with E-state index in [0.717, 1.165) is 22.5 Å². The van der Waals surface area contributed by atoms with E-state index < -0.39 is 24.4 Å². The SMILES string of the molecule is Cc1cc(NC(=O)c2ccco2)sc1C(=O)OCC(=O)Nc1ccccc1-c1ccccc1. The Morgan fingerprint density at radius 3 is 2.45 bits per heavy atom. The number of rotatable bonds is 7. The number of para-hydroxylation sites is 1. The number of esters is 1. The molecule has 2 N–H and O–H groups in total. The Hall–Kier alpha value is -4.17. The molecule has 7 nitrogen and oxygen atoms in total. The molecule has 0 aliphatic rings. The van der Waals surface area contributed by atoms with E-state index in [4.69, 9.17) is 9.15 Å². The molecular formula is C25H20N2O5S. The maximum absolute atomic E-state index is 12.5. The first-order valence-electron chi connectivity index (χ1n) is 10.1. The predicted molar refractivity (Wildman–Crippen MR) is 127 cm³/mol. The second kappa shape index (κ2) is 9.97. The maximum atomic E-state index is 12.5. The van der Waals surface area contributed by atoms with Crippen molar-refractivity contribution in [1.29, 1.82) is 0 Å². The van der Waals surface area contributed by atoms with Gasteiger partial charge in [-0.3, -0.25) is 9.59 Å². The van der Waals surface area contributed by atoms with Crippen LogP contribution in [-0.4, -0.2) is 24.4 Å². The first kappa shape index (κ1) is 22.0. The number of anilines is 2. The van der Waals surface area contributed by atoms with Crippen LogP contribution in [0.4, 0.5) is 10.7 Å². The van der Waals surface area contributed by atoms with Gasteiger partial charge in [-0.1, -0.05) is 48.5 Å². The van der Waals surface area contributed by atoms with Crippen molar-refractivity contribution in [3.63, 3.8) is 0 Å². The van der Waals surface area contributed by atoms with Crippen LogP contribution in [0.1, 0.15) is 25.8 Å². The van der Waals surface area contributed by atoms with Crippen molar-refractivity contribution in [3.8, 4) is 11.1 Å². The molecule has 0 spiro atoms. The number of furan rings is 1. The van der Waals surface area contributed by atoms with Crippen LogP contribution in [0, 0.1) is 6.92 Å². The molecule has 2 aromatic heterocycles. The van der Waals surface area contributed by atoms with Crippen LogP contribution in [0.5, 0.6) is 0 Å². The molecule has 0 aliphatic carbocycles. The van der Waals surface area contributed by atoms with Gasteiger partial charge in [-0.15, -0.1) is 11.3 Å². The monoisotopic (exact) mass is 460 g/mol. The molecule has 0 fully saturated rings. The van der Waals surface area contributed by atoms with E-state index in [1.807, 2.05) is 48.5 Å². The van der Waals surface area contributed by atoms with Gasteiger partial charge in [-0.2, -0.15) is 0 Å². The molecular weight excluding hydrogens is 440 g/mol.